The van der Waals surface area contributed by atoms with E-state index in [9.17, 15) is 9.59 Å². The summed E-state index contributed by atoms with van der Waals surface area (Å²) in [5.74, 6) is 0.110. The summed E-state index contributed by atoms with van der Waals surface area (Å²) in [6.07, 6.45) is 0. The summed E-state index contributed by atoms with van der Waals surface area (Å²) >= 11 is 0. The number of carbonyl (C=O) groups excluding carboxylic acids is 2. The van der Waals surface area contributed by atoms with E-state index in [0.717, 1.165) is 32.0 Å². The topological polar surface area (TPSA) is 71.1 Å². The lowest BCUT2D eigenvalue weighted by Crippen LogP contribution is -2.36. The summed E-state index contributed by atoms with van der Waals surface area (Å²) in [5.41, 5.74) is 2.28. The van der Waals surface area contributed by atoms with Gasteiger partial charge in [-0.1, -0.05) is 6.07 Å². The number of rotatable bonds is 6. The van der Waals surface area contributed by atoms with Gasteiger partial charge in [-0.15, -0.1) is 0 Å². The van der Waals surface area contributed by atoms with Gasteiger partial charge in [-0.3, -0.25) is 9.59 Å². The third-order valence-corrected chi connectivity index (χ3v) is 4.57. The van der Waals surface area contributed by atoms with Crippen molar-refractivity contribution in [3.05, 3.63) is 54.1 Å². The van der Waals surface area contributed by atoms with Crippen LogP contribution < -0.4 is 15.0 Å². The Bertz CT molecular complexity index is 817. The van der Waals surface area contributed by atoms with Crippen molar-refractivity contribution in [3.63, 3.8) is 0 Å². The zero-order valence-electron chi connectivity index (χ0n) is 16.2. The predicted octanol–water partition coefficient (Wildman–Crippen LogP) is 2.24. The maximum atomic E-state index is 12.5. The van der Waals surface area contributed by atoms with Crippen LogP contribution in [0.15, 0.2) is 48.5 Å². The van der Waals surface area contributed by atoms with Crippen LogP contribution in [-0.4, -0.2) is 63.7 Å². The van der Waals surface area contributed by atoms with Crippen molar-refractivity contribution in [2.24, 2.45) is 0 Å². The average molecular weight is 383 g/mol. The smallest absolute Gasteiger partial charge is 0.254 e. The first-order valence-corrected chi connectivity index (χ1v) is 9.19. The molecule has 1 heterocycles. The standard InChI is InChI=1S/C21H25N3O4/c1-23(21(26)16-4-3-5-19(14-16)27-2)15-20(25)22-17-6-8-18(9-7-17)24-10-12-28-13-11-24/h3-9,14H,10-13,15H2,1-2H3,(H,22,25). The largest absolute Gasteiger partial charge is 0.497 e. The van der Waals surface area contributed by atoms with Gasteiger partial charge in [-0.25, -0.2) is 0 Å². The third kappa shape index (κ3) is 5.01. The molecule has 2 aromatic rings. The van der Waals surface area contributed by atoms with Crippen molar-refractivity contribution < 1.29 is 19.1 Å². The van der Waals surface area contributed by atoms with E-state index in [1.165, 1.54) is 4.90 Å². The molecule has 7 nitrogen and oxygen atoms in total. The van der Waals surface area contributed by atoms with Gasteiger partial charge in [0.2, 0.25) is 5.91 Å². The Morgan fingerprint density at radius 3 is 2.54 bits per heavy atom. The van der Waals surface area contributed by atoms with Gasteiger partial charge in [0.05, 0.1) is 26.9 Å². The molecular weight excluding hydrogens is 358 g/mol. The molecule has 1 saturated heterocycles. The fraction of sp³-hybridized carbons (Fsp3) is 0.333. The van der Waals surface area contributed by atoms with Crippen LogP contribution in [0.25, 0.3) is 0 Å². The van der Waals surface area contributed by atoms with Gasteiger partial charge in [0.15, 0.2) is 0 Å². The quantitative estimate of drug-likeness (QED) is 0.828. The minimum Gasteiger partial charge on any atom is -0.497 e. The molecule has 1 aliphatic heterocycles. The Hall–Kier alpha value is -3.06. The molecule has 148 valence electrons. The summed E-state index contributed by atoms with van der Waals surface area (Å²) in [5, 5.41) is 2.83. The number of ether oxygens (including phenoxy) is 2. The van der Waals surface area contributed by atoms with Crippen LogP contribution in [0.5, 0.6) is 5.75 Å². The highest BCUT2D eigenvalue weighted by Gasteiger charge is 2.16. The number of hydrogen-bond acceptors (Lipinski definition) is 5. The molecule has 0 spiro atoms. The van der Waals surface area contributed by atoms with Gasteiger partial charge in [-0.2, -0.15) is 0 Å². The van der Waals surface area contributed by atoms with Crippen LogP contribution >= 0.6 is 0 Å². The molecule has 0 atom stereocenters. The van der Waals surface area contributed by atoms with E-state index in [2.05, 4.69) is 10.2 Å². The molecule has 7 heteroatoms. The minimum atomic E-state index is -0.252. The number of nitrogens with one attached hydrogen (secondary N) is 1. The maximum absolute atomic E-state index is 12.5. The second-order valence-electron chi connectivity index (χ2n) is 6.59. The minimum absolute atomic E-state index is 0.0404. The second-order valence-corrected chi connectivity index (χ2v) is 6.59. The molecule has 0 aromatic heterocycles. The molecule has 2 amide bonds. The SMILES string of the molecule is COc1cccc(C(=O)N(C)CC(=O)Nc2ccc(N3CCOCC3)cc2)c1. The van der Waals surface area contributed by atoms with Gasteiger partial charge in [0.1, 0.15) is 5.75 Å². The summed E-state index contributed by atoms with van der Waals surface area (Å²) in [4.78, 5) is 28.4. The van der Waals surface area contributed by atoms with Crippen molar-refractivity contribution in [2.45, 2.75) is 0 Å². The van der Waals surface area contributed by atoms with Crippen molar-refractivity contribution in [1.29, 1.82) is 0 Å². The first kappa shape index (κ1) is 19.7. The molecule has 1 N–H and O–H groups in total. The molecule has 2 aromatic carbocycles. The highest BCUT2D eigenvalue weighted by Crippen LogP contribution is 2.19. The molecule has 0 unspecified atom stereocenters. The van der Waals surface area contributed by atoms with Crippen molar-refractivity contribution >= 4 is 23.2 Å². The Balaban J connectivity index is 1.54. The maximum Gasteiger partial charge on any atom is 0.254 e. The van der Waals surface area contributed by atoms with Crippen LogP contribution in [-0.2, 0) is 9.53 Å². The zero-order valence-corrected chi connectivity index (χ0v) is 16.2. The Morgan fingerprint density at radius 2 is 1.86 bits per heavy atom. The van der Waals surface area contributed by atoms with Gasteiger partial charge in [0, 0.05) is 37.1 Å². The van der Waals surface area contributed by atoms with Gasteiger partial charge < -0.3 is 24.6 Å². The van der Waals surface area contributed by atoms with Crippen LogP contribution in [0, 0.1) is 0 Å². The zero-order chi connectivity index (χ0) is 19.9. The number of nitrogens with zero attached hydrogens (tertiary/aromatic N) is 2. The molecule has 28 heavy (non-hydrogen) atoms. The fourth-order valence-corrected chi connectivity index (χ4v) is 3.04. The monoisotopic (exact) mass is 383 g/mol. The normalized spacial score (nSPS) is 13.7. The number of methoxy groups -OCH3 is 1. The number of carbonyl (C=O) groups is 2. The summed E-state index contributed by atoms with van der Waals surface area (Å²) in [7, 11) is 3.15. The summed E-state index contributed by atoms with van der Waals surface area (Å²) in [6, 6.07) is 14.6. The number of likely N-dealkylation sites (N-methyl/N-ethyl adjacent to an activating group) is 1. The lowest BCUT2D eigenvalue weighted by molar-refractivity contribution is -0.116. The molecule has 1 aliphatic rings. The molecule has 0 saturated carbocycles. The highest BCUT2D eigenvalue weighted by molar-refractivity contribution is 5.99. The second kappa shape index (κ2) is 9.23. The van der Waals surface area contributed by atoms with Crippen LogP contribution in [0.3, 0.4) is 0 Å². The first-order valence-electron chi connectivity index (χ1n) is 9.19. The number of anilines is 2. The fourth-order valence-electron chi connectivity index (χ4n) is 3.04. The predicted molar refractivity (Wildman–Crippen MR) is 108 cm³/mol. The lowest BCUT2D eigenvalue weighted by atomic mass is 10.2. The molecular formula is C21H25N3O4. The number of hydrogen-bond donors (Lipinski definition) is 1. The van der Waals surface area contributed by atoms with E-state index in [0.29, 0.717) is 17.0 Å². The Labute approximate surface area is 164 Å². The molecule has 0 radical (unpaired) electrons. The summed E-state index contributed by atoms with van der Waals surface area (Å²) in [6.45, 7) is 3.14. The molecule has 1 fully saturated rings. The average Bonchev–Trinajstić information content (AvgIpc) is 2.74. The Morgan fingerprint density at radius 1 is 1.14 bits per heavy atom. The van der Waals surface area contributed by atoms with Crippen LogP contribution in [0.1, 0.15) is 10.4 Å². The summed E-state index contributed by atoms with van der Waals surface area (Å²) < 4.78 is 10.5. The van der Waals surface area contributed by atoms with Crippen molar-refractivity contribution in [1.82, 2.24) is 4.90 Å². The van der Waals surface area contributed by atoms with Gasteiger partial charge in [0.25, 0.3) is 5.91 Å². The van der Waals surface area contributed by atoms with E-state index in [1.807, 2.05) is 24.3 Å². The van der Waals surface area contributed by atoms with E-state index >= 15 is 0 Å². The first-order chi connectivity index (χ1) is 13.6. The number of morpholine rings is 1. The lowest BCUT2D eigenvalue weighted by Gasteiger charge is -2.28. The van der Waals surface area contributed by atoms with Crippen LogP contribution in [0.2, 0.25) is 0 Å². The van der Waals surface area contributed by atoms with E-state index < -0.39 is 0 Å². The number of amides is 2. The van der Waals surface area contributed by atoms with Gasteiger partial charge in [-0.05, 0) is 42.5 Å². The Kier molecular flexibility index (Phi) is 6.49. The van der Waals surface area contributed by atoms with Crippen molar-refractivity contribution in [2.75, 3.05) is 57.2 Å². The van der Waals surface area contributed by atoms with E-state index in [-0.39, 0.29) is 18.4 Å². The van der Waals surface area contributed by atoms with Crippen molar-refractivity contribution in [3.8, 4) is 5.75 Å². The van der Waals surface area contributed by atoms with E-state index in [1.54, 1.807) is 38.4 Å². The molecule has 3 rings (SSSR count). The highest BCUT2D eigenvalue weighted by atomic mass is 16.5. The molecule has 0 aliphatic carbocycles. The third-order valence-electron chi connectivity index (χ3n) is 4.57. The van der Waals surface area contributed by atoms with E-state index in [4.69, 9.17) is 9.47 Å². The number of benzene rings is 2. The molecule has 0 bridgehead atoms. The van der Waals surface area contributed by atoms with Gasteiger partial charge >= 0.3 is 0 Å². The van der Waals surface area contributed by atoms with Crippen LogP contribution in [0.4, 0.5) is 11.4 Å².